The lowest BCUT2D eigenvalue weighted by Crippen LogP contribution is -2.42. The minimum atomic E-state index is 0.0619. The number of hydrogen-bond donors (Lipinski definition) is 1. The van der Waals surface area contributed by atoms with Crippen LogP contribution in [0, 0.1) is 23.7 Å². The molecular weight excluding hydrogens is 160 g/mol. The molecule has 0 aromatic heterocycles. The van der Waals surface area contributed by atoms with Crippen LogP contribution in [0.25, 0.3) is 0 Å². The largest absolute Gasteiger partial charge is 0.393 e. The Labute approximate surface area is 80.5 Å². The van der Waals surface area contributed by atoms with Gasteiger partial charge in [0.05, 0.1) is 6.10 Å². The third kappa shape index (κ3) is 1.24. The van der Waals surface area contributed by atoms with Crippen molar-refractivity contribution in [2.75, 3.05) is 0 Å². The topological polar surface area (TPSA) is 20.2 Å². The smallest absolute Gasteiger partial charge is 0.0573 e. The van der Waals surface area contributed by atoms with Crippen molar-refractivity contribution in [2.45, 2.75) is 51.0 Å². The van der Waals surface area contributed by atoms with Gasteiger partial charge in [0.25, 0.3) is 0 Å². The number of aliphatic hydroxyl groups is 1. The van der Waals surface area contributed by atoms with Crippen molar-refractivity contribution in [1.29, 1.82) is 0 Å². The van der Waals surface area contributed by atoms with E-state index in [1.807, 2.05) is 0 Å². The molecule has 6 aliphatic carbocycles. The molecule has 1 heteroatoms. The lowest BCUT2D eigenvalue weighted by molar-refractivity contribution is -0.0458. The first-order valence-electron chi connectivity index (χ1n) is 6.02. The highest BCUT2D eigenvalue weighted by Crippen LogP contribution is 2.50. The fourth-order valence-corrected chi connectivity index (χ4v) is 4.22. The Balaban J connectivity index is 1.89. The fraction of sp³-hybridized carbons (Fsp3) is 1.00. The Bertz CT molecular complexity index is 193. The van der Waals surface area contributed by atoms with Gasteiger partial charge in [-0.3, -0.25) is 0 Å². The molecule has 0 amide bonds. The zero-order valence-corrected chi connectivity index (χ0v) is 8.28. The molecule has 3 unspecified atom stereocenters. The van der Waals surface area contributed by atoms with Crippen LogP contribution in [0.2, 0.25) is 0 Å². The van der Waals surface area contributed by atoms with Crippen LogP contribution in [-0.4, -0.2) is 11.2 Å². The standard InChI is InChI=1S/C12H20O/c13-12-7-10-5-6-11(12)9-3-1-8(10)2-4-9/h8-13H,1-7H2. The molecule has 0 aromatic carbocycles. The SMILES string of the molecule is OC1CC2CCC1C1CCC2CC1. The second-order valence-corrected chi connectivity index (χ2v) is 5.48. The maximum atomic E-state index is 10.0. The zero-order valence-electron chi connectivity index (χ0n) is 8.28. The maximum Gasteiger partial charge on any atom is 0.0573 e. The van der Waals surface area contributed by atoms with Crippen molar-refractivity contribution in [1.82, 2.24) is 0 Å². The van der Waals surface area contributed by atoms with E-state index >= 15 is 0 Å². The molecule has 0 saturated heterocycles. The second-order valence-electron chi connectivity index (χ2n) is 5.48. The van der Waals surface area contributed by atoms with E-state index < -0.39 is 0 Å². The van der Waals surface area contributed by atoms with Crippen molar-refractivity contribution < 1.29 is 5.11 Å². The molecule has 0 aromatic rings. The Morgan fingerprint density at radius 2 is 1.31 bits per heavy atom. The maximum absolute atomic E-state index is 10.0. The van der Waals surface area contributed by atoms with Crippen LogP contribution in [0.5, 0.6) is 0 Å². The molecule has 0 radical (unpaired) electrons. The van der Waals surface area contributed by atoms with Crippen LogP contribution in [0.3, 0.4) is 0 Å². The summed E-state index contributed by atoms with van der Waals surface area (Å²) in [5.41, 5.74) is 0. The highest BCUT2D eigenvalue weighted by atomic mass is 16.3. The average Bonchev–Trinajstić information content (AvgIpc) is 2.13. The number of hydrogen-bond acceptors (Lipinski definition) is 1. The normalized spacial score (nSPS) is 54.7. The van der Waals surface area contributed by atoms with Crippen molar-refractivity contribution in [3.63, 3.8) is 0 Å². The third-order valence-corrected chi connectivity index (χ3v) is 5.00. The summed E-state index contributed by atoms with van der Waals surface area (Å²) in [6.07, 6.45) is 9.72. The van der Waals surface area contributed by atoms with Crippen LogP contribution in [0.4, 0.5) is 0 Å². The van der Waals surface area contributed by atoms with Gasteiger partial charge in [-0.05, 0) is 68.6 Å². The molecule has 1 N–H and O–H groups in total. The van der Waals surface area contributed by atoms with E-state index in [1.165, 1.54) is 38.5 Å². The van der Waals surface area contributed by atoms with Crippen molar-refractivity contribution in [3.05, 3.63) is 0 Å². The average molecular weight is 180 g/mol. The molecular formula is C12H20O. The Hall–Kier alpha value is -0.0400. The van der Waals surface area contributed by atoms with E-state index in [2.05, 4.69) is 0 Å². The first kappa shape index (κ1) is 8.28. The summed E-state index contributed by atoms with van der Waals surface area (Å²) in [4.78, 5) is 0. The summed E-state index contributed by atoms with van der Waals surface area (Å²) in [5.74, 6) is 3.42. The van der Waals surface area contributed by atoms with E-state index in [1.54, 1.807) is 0 Å². The van der Waals surface area contributed by atoms with Gasteiger partial charge < -0.3 is 5.11 Å². The molecule has 0 heterocycles. The molecule has 13 heavy (non-hydrogen) atoms. The Morgan fingerprint density at radius 1 is 0.692 bits per heavy atom. The summed E-state index contributed by atoms with van der Waals surface area (Å²) in [6, 6.07) is 0. The molecule has 3 atom stereocenters. The minimum absolute atomic E-state index is 0.0619. The molecule has 6 saturated carbocycles. The van der Waals surface area contributed by atoms with E-state index in [0.29, 0.717) is 5.92 Å². The molecule has 6 rings (SSSR count). The van der Waals surface area contributed by atoms with Gasteiger partial charge in [-0.25, -0.2) is 0 Å². The monoisotopic (exact) mass is 180 g/mol. The summed E-state index contributed by atoms with van der Waals surface area (Å²) >= 11 is 0. The second kappa shape index (κ2) is 2.98. The molecule has 1 nitrogen and oxygen atoms in total. The zero-order chi connectivity index (χ0) is 8.84. The molecule has 6 fully saturated rings. The number of aliphatic hydroxyl groups excluding tert-OH is 1. The van der Waals surface area contributed by atoms with Gasteiger partial charge in [-0.1, -0.05) is 0 Å². The van der Waals surface area contributed by atoms with E-state index in [-0.39, 0.29) is 6.10 Å². The summed E-state index contributed by atoms with van der Waals surface area (Å²) in [5, 5.41) is 10.0. The quantitative estimate of drug-likeness (QED) is 0.607. The highest BCUT2D eigenvalue weighted by molar-refractivity contribution is 4.93. The lowest BCUT2D eigenvalue weighted by Gasteiger charge is -2.48. The van der Waals surface area contributed by atoms with Gasteiger partial charge in [-0.2, -0.15) is 0 Å². The first-order valence-corrected chi connectivity index (χ1v) is 6.02. The third-order valence-electron chi connectivity index (χ3n) is 5.00. The minimum Gasteiger partial charge on any atom is -0.393 e. The summed E-state index contributed by atoms with van der Waals surface area (Å²) < 4.78 is 0. The van der Waals surface area contributed by atoms with E-state index in [4.69, 9.17) is 0 Å². The summed E-state index contributed by atoms with van der Waals surface area (Å²) in [6.45, 7) is 0. The van der Waals surface area contributed by atoms with Crippen molar-refractivity contribution in [3.8, 4) is 0 Å². The van der Waals surface area contributed by atoms with E-state index in [0.717, 1.165) is 24.2 Å². The predicted octanol–water partition coefficient (Wildman–Crippen LogP) is 2.58. The van der Waals surface area contributed by atoms with Gasteiger partial charge in [0.1, 0.15) is 0 Å². The lowest BCUT2D eigenvalue weighted by atomic mass is 9.59. The summed E-state index contributed by atoms with van der Waals surface area (Å²) in [7, 11) is 0. The van der Waals surface area contributed by atoms with Gasteiger partial charge in [0.2, 0.25) is 0 Å². The highest BCUT2D eigenvalue weighted by Gasteiger charge is 2.42. The molecule has 4 bridgehead atoms. The van der Waals surface area contributed by atoms with E-state index in [9.17, 15) is 5.11 Å². The molecule has 0 spiro atoms. The van der Waals surface area contributed by atoms with Crippen LogP contribution in [0.1, 0.15) is 44.9 Å². The van der Waals surface area contributed by atoms with Gasteiger partial charge in [0, 0.05) is 0 Å². The Kier molecular flexibility index (Phi) is 1.90. The fourth-order valence-electron chi connectivity index (χ4n) is 4.22. The van der Waals surface area contributed by atoms with Crippen molar-refractivity contribution in [2.24, 2.45) is 23.7 Å². The number of rotatable bonds is 0. The Morgan fingerprint density at radius 3 is 2.00 bits per heavy atom. The van der Waals surface area contributed by atoms with Gasteiger partial charge in [0.15, 0.2) is 0 Å². The van der Waals surface area contributed by atoms with Gasteiger partial charge in [-0.15, -0.1) is 0 Å². The van der Waals surface area contributed by atoms with Crippen LogP contribution in [0.15, 0.2) is 0 Å². The molecule has 6 aliphatic rings. The predicted molar refractivity (Wildman–Crippen MR) is 52.3 cm³/mol. The first-order chi connectivity index (χ1) is 6.34. The molecule has 0 aliphatic heterocycles. The van der Waals surface area contributed by atoms with Gasteiger partial charge >= 0.3 is 0 Å². The van der Waals surface area contributed by atoms with Crippen LogP contribution in [-0.2, 0) is 0 Å². The van der Waals surface area contributed by atoms with Crippen molar-refractivity contribution >= 4 is 0 Å². The molecule has 74 valence electrons. The van der Waals surface area contributed by atoms with Crippen LogP contribution >= 0.6 is 0 Å². The van der Waals surface area contributed by atoms with Crippen LogP contribution < -0.4 is 0 Å².